The van der Waals surface area contributed by atoms with Gasteiger partial charge in [-0.15, -0.1) is 35.3 Å². The van der Waals surface area contributed by atoms with Crippen LogP contribution in [-0.2, 0) is 13.0 Å². The number of halogens is 1. The van der Waals surface area contributed by atoms with E-state index in [2.05, 4.69) is 57.9 Å². The predicted octanol–water partition coefficient (Wildman–Crippen LogP) is 3.76. The van der Waals surface area contributed by atoms with Crippen molar-refractivity contribution >= 4 is 41.3 Å². The highest BCUT2D eigenvalue weighted by Gasteiger charge is 2.06. The Morgan fingerprint density at radius 2 is 2.04 bits per heavy atom. The maximum atomic E-state index is 4.28. The van der Waals surface area contributed by atoms with Crippen molar-refractivity contribution in [2.75, 3.05) is 7.05 Å². The molecule has 2 rings (SSSR count). The molecule has 23 heavy (non-hydrogen) atoms. The highest BCUT2D eigenvalue weighted by atomic mass is 127. The van der Waals surface area contributed by atoms with E-state index in [-0.39, 0.29) is 24.0 Å². The number of hydrogen-bond acceptors (Lipinski definition) is 3. The van der Waals surface area contributed by atoms with Crippen molar-refractivity contribution in [2.45, 2.75) is 39.3 Å². The summed E-state index contributed by atoms with van der Waals surface area (Å²) in [6.07, 6.45) is 4.06. The van der Waals surface area contributed by atoms with E-state index in [1.54, 1.807) is 18.4 Å². The summed E-state index contributed by atoms with van der Waals surface area (Å²) in [7, 11) is 1.80. The molecule has 0 aliphatic heterocycles. The third-order valence-corrected chi connectivity index (χ3v) is 4.33. The van der Waals surface area contributed by atoms with Crippen LogP contribution in [-0.4, -0.2) is 24.0 Å². The summed E-state index contributed by atoms with van der Waals surface area (Å²) < 4.78 is 0. The monoisotopic (exact) mass is 444 g/mol. The molecule has 2 N–H and O–H groups in total. The molecule has 0 radical (unpaired) electrons. The molecule has 0 saturated carbocycles. The fourth-order valence-electron chi connectivity index (χ4n) is 2.19. The molecule has 2 aromatic rings. The first kappa shape index (κ1) is 19.9. The summed E-state index contributed by atoms with van der Waals surface area (Å²) in [5.74, 6) is 0.839. The van der Waals surface area contributed by atoms with Crippen LogP contribution in [0.15, 0.2) is 41.5 Å². The Hall–Kier alpha value is -1.15. The zero-order valence-electron chi connectivity index (χ0n) is 13.9. The van der Waals surface area contributed by atoms with Crippen LogP contribution in [0.5, 0.6) is 0 Å². The molecule has 0 bridgehead atoms. The Kier molecular flexibility index (Phi) is 9.16. The van der Waals surface area contributed by atoms with Gasteiger partial charge in [0.1, 0.15) is 0 Å². The Balaban J connectivity index is 0.00000264. The van der Waals surface area contributed by atoms with Gasteiger partial charge in [-0.1, -0.05) is 30.3 Å². The van der Waals surface area contributed by atoms with Crippen LogP contribution >= 0.6 is 35.3 Å². The highest BCUT2D eigenvalue weighted by Crippen LogP contribution is 2.10. The van der Waals surface area contributed by atoms with Crippen LogP contribution in [0.4, 0.5) is 0 Å². The Bertz CT molecular complexity index is 598. The molecular weight excluding hydrogens is 419 g/mol. The normalized spacial score (nSPS) is 12.4. The quantitative estimate of drug-likeness (QED) is 0.405. The van der Waals surface area contributed by atoms with Gasteiger partial charge in [0.25, 0.3) is 0 Å². The number of aromatic nitrogens is 1. The molecule has 1 atom stereocenters. The van der Waals surface area contributed by atoms with Gasteiger partial charge in [0.05, 0.1) is 11.6 Å². The number of hydrogen-bond donors (Lipinski definition) is 2. The van der Waals surface area contributed by atoms with Crippen LogP contribution in [0.1, 0.15) is 28.8 Å². The number of rotatable bonds is 6. The second-order valence-corrected chi connectivity index (χ2v) is 6.66. The lowest BCUT2D eigenvalue weighted by Gasteiger charge is -2.17. The van der Waals surface area contributed by atoms with Crippen LogP contribution < -0.4 is 10.6 Å². The largest absolute Gasteiger partial charge is 0.354 e. The Morgan fingerprint density at radius 3 is 2.65 bits per heavy atom. The molecule has 1 unspecified atom stereocenters. The number of benzene rings is 1. The summed E-state index contributed by atoms with van der Waals surface area (Å²) in [4.78, 5) is 9.77. The van der Waals surface area contributed by atoms with Gasteiger partial charge >= 0.3 is 0 Å². The summed E-state index contributed by atoms with van der Waals surface area (Å²) >= 11 is 1.71. The second kappa shape index (κ2) is 10.6. The van der Waals surface area contributed by atoms with Crippen LogP contribution in [0.3, 0.4) is 0 Å². The van der Waals surface area contributed by atoms with Crippen LogP contribution in [0.2, 0.25) is 0 Å². The average Bonchev–Trinajstić information content (AvgIpc) is 2.96. The predicted molar refractivity (Wildman–Crippen MR) is 110 cm³/mol. The van der Waals surface area contributed by atoms with Gasteiger partial charge in [0.2, 0.25) is 0 Å². The number of guanidine groups is 1. The molecule has 0 aliphatic carbocycles. The van der Waals surface area contributed by atoms with Gasteiger partial charge < -0.3 is 10.6 Å². The molecule has 4 nitrogen and oxygen atoms in total. The van der Waals surface area contributed by atoms with Crippen molar-refractivity contribution in [2.24, 2.45) is 4.99 Å². The molecule has 0 aliphatic rings. The molecule has 0 amide bonds. The Morgan fingerprint density at radius 1 is 1.30 bits per heavy atom. The van der Waals surface area contributed by atoms with Crippen molar-refractivity contribution in [1.29, 1.82) is 0 Å². The zero-order chi connectivity index (χ0) is 15.8. The SMILES string of the molecule is CN=C(NCc1cnc(C)s1)NC(C)CCc1ccccc1.I. The van der Waals surface area contributed by atoms with E-state index in [0.29, 0.717) is 6.04 Å². The van der Waals surface area contributed by atoms with E-state index in [0.717, 1.165) is 30.4 Å². The van der Waals surface area contributed by atoms with Gasteiger partial charge in [-0.2, -0.15) is 0 Å². The maximum absolute atomic E-state index is 4.28. The number of nitrogens with one attached hydrogen (secondary N) is 2. The molecule has 126 valence electrons. The molecule has 6 heteroatoms. The average molecular weight is 444 g/mol. The number of thiazole rings is 1. The third kappa shape index (κ3) is 7.30. The fraction of sp³-hybridized carbons (Fsp3) is 0.412. The van der Waals surface area contributed by atoms with Gasteiger partial charge in [0, 0.05) is 24.2 Å². The second-order valence-electron chi connectivity index (χ2n) is 5.34. The molecule has 1 aromatic heterocycles. The minimum atomic E-state index is 0. The molecule has 0 spiro atoms. The number of nitrogens with zero attached hydrogens (tertiary/aromatic N) is 2. The summed E-state index contributed by atoms with van der Waals surface area (Å²) in [5.41, 5.74) is 1.37. The lowest BCUT2D eigenvalue weighted by molar-refractivity contribution is 0.593. The van der Waals surface area contributed by atoms with E-state index in [1.807, 2.05) is 13.1 Å². The van der Waals surface area contributed by atoms with E-state index in [9.17, 15) is 0 Å². The van der Waals surface area contributed by atoms with Gasteiger partial charge in [-0.05, 0) is 32.3 Å². The topological polar surface area (TPSA) is 49.3 Å². The molecule has 1 aromatic carbocycles. The van der Waals surface area contributed by atoms with Gasteiger partial charge in [-0.25, -0.2) is 4.98 Å². The van der Waals surface area contributed by atoms with E-state index >= 15 is 0 Å². The van der Waals surface area contributed by atoms with E-state index in [4.69, 9.17) is 0 Å². The van der Waals surface area contributed by atoms with Crippen LogP contribution in [0.25, 0.3) is 0 Å². The van der Waals surface area contributed by atoms with Crippen molar-refractivity contribution in [3.8, 4) is 0 Å². The van der Waals surface area contributed by atoms with E-state index in [1.165, 1.54) is 10.4 Å². The summed E-state index contributed by atoms with van der Waals surface area (Å²) in [6, 6.07) is 10.9. The minimum absolute atomic E-state index is 0. The number of aryl methyl sites for hydroxylation is 2. The van der Waals surface area contributed by atoms with Crippen molar-refractivity contribution in [3.63, 3.8) is 0 Å². The van der Waals surface area contributed by atoms with Crippen molar-refractivity contribution in [3.05, 3.63) is 52.0 Å². The maximum Gasteiger partial charge on any atom is 0.191 e. The lowest BCUT2D eigenvalue weighted by atomic mass is 10.1. The van der Waals surface area contributed by atoms with Crippen molar-refractivity contribution in [1.82, 2.24) is 15.6 Å². The first-order chi connectivity index (χ1) is 10.7. The van der Waals surface area contributed by atoms with E-state index < -0.39 is 0 Å². The first-order valence-electron chi connectivity index (χ1n) is 7.60. The van der Waals surface area contributed by atoms with Crippen LogP contribution in [0, 0.1) is 6.92 Å². The molecule has 1 heterocycles. The third-order valence-electron chi connectivity index (χ3n) is 3.41. The molecule has 0 saturated heterocycles. The standard InChI is InChI=1S/C17H24N4S.HI/c1-13(9-10-15-7-5-4-6-8-15)21-17(18-3)20-12-16-11-19-14(2)22-16;/h4-8,11,13H,9-10,12H2,1-3H3,(H2,18,20,21);1H. The first-order valence-corrected chi connectivity index (χ1v) is 8.41. The van der Waals surface area contributed by atoms with Crippen molar-refractivity contribution < 1.29 is 0 Å². The molecule has 0 fully saturated rings. The molecular formula is C17H25IN4S. The summed E-state index contributed by atoms with van der Waals surface area (Å²) in [6.45, 7) is 4.97. The highest BCUT2D eigenvalue weighted by molar-refractivity contribution is 14.0. The number of aliphatic imine (C=N–C) groups is 1. The summed E-state index contributed by atoms with van der Waals surface area (Å²) in [5, 5.41) is 7.87. The minimum Gasteiger partial charge on any atom is -0.354 e. The smallest absolute Gasteiger partial charge is 0.191 e. The van der Waals surface area contributed by atoms with Gasteiger partial charge in [0.15, 0.2) is 5.96 Å². The lowest BCUT2D eigenvalue weighted by Crippen LogP contribution is -2.41. The Labute approximate surface area is 159 Å². The zero-order valence-corrected chi connectivity index (χ0v) is 17.0. The van der Waals surface area contributed by atoms with Gasteiger partial charge in [-0.3, -0.25) is 4.99 Å². The fourth-order valence-corrected chi connectivity index (χ4v) is 2.92.